The van der Waals surface area contributed by atoms with Crippen LogP contribution >= 0.6 is 14.6 Å². The molecule has 6 N–H and O–H groups in total. The van der Waals surface area contributed by atoms with Crippen molar-refractivity contribution in [3.05, 3.63) is 179 Å². The van der Waals surface area contributed by atoms with Crippen LogP contribution in [0, 0.1) is 5.41 Å². The van der Waals surface area contributed by atoms with Crippen molar-refractivity contribution >= 4 is 35.8 Å². The van der Waals surface area contributed by atoms with E-state index in [1.54, 1.807) is 97.1 Å². The summed E-state index contributed by atoms with van der Waals surface area (Å²) in [5.41, 5.74) is 1.08. The Bertz CT molecular complexity index is 2380. The summed E-state index contributed by atoms with van der Waals surface area (Å²) in [6.45, 7) is 28.3. The Kier molecular flexibility index (Phi) is 14.5. The molecule has 8 nitrogen and oxygen atoms in total. The second kappa shape index (κ2) is 18.6. The fraction of sp³-hybridized carbons (Fsp3) is 0.390. The monoisotopic (exact) mass is 977 g/mol. The molecule has 10 heteroatoms. The molecule has 6 rings (SSSR count). The van der Waals surface area contributed by atoms with E-state index in [-0.39, 0.29) is 45.6 Å². The molecular formula is C59H78O8P2. The Morgan fingerprint density at radius 2 is 0.580 bits per heavy atom. The van der Waals surface area contributed by atoms with Gasteiger partial charge in [0.05, 0.1) is 0 Å². The summed E-state index contributed by atoms with van der Waals surface area (Å²) in [5.74, 6) is 0.405. The molecule has 2 atom stereocenters. The van der Waals surface area contributed by atoms with Crippen molar-refractivity contribution in [1.82, 2.24) is 0 Å². The topological polar surface area (TPSA) is 140 Å². The van der Waals surface area contributed by atoms with Gasteiger partial charge in [0.1, 0.15) is 0 Å². The summed E-state index contributed by atoms with van der Waals surface area (Å²) in [7, 11) is -11.2. The number of rotatable bonds is 14. The molecule has 6 aromatic carbocycles. The van der Waals surface area contributed by atoms with E-state index in [0.29, 0.717) is 0 Å². The average molecular weight is 977 g/mol. The Morgan fingerprint density at radius 3 is 0.768 bits per heavy atom. The third-order valence-corrected chi connectivity index (χ3v) is 20.2. The molecule has 2 unspecified atom stereocenters. The molecule has 6 aromatic rings. The Balaban J connectivity index is 1.78. The summed E-state index contributed by atoms with van der Waals surface area (Å²) >= 11 is 0. The predicted octanol–water partition coefficient (Wildman–Crippen LogP) is 11.7. The van der Waals surface area contributed by atoms with Gasteiger partial charge in [-0.05, 0) is 0 Å². The molecule has 69 heavy (non-hydrogen) atoms. The maximum absolute atomic E-state index is 13.4. The van der Waals surface area contributed by atoms with Crippen molar-refractivity contribution in [2.75, 3.05) is 0 Å². The molecular weight excluding hydrogens is 899 g/mol. The van der Waals surface area contributed by atoms with Gasteiger partial charge in [-0.15, -0.1) is 0 Å². The van der Waals surface area contributed by atoms with Crippen molar-refractivity contribution in [1.29, 1.82) is 0 Å². The summed E-state index contributed by atoms with van der Waals surface area (Å²) in [6.07, 6.45) is -2.04. The van der Waals surface area contributed by atoms with Gasteiger partial charge >= 0.3 is 414 Å². The SMILES string of the molecule is CC(OP(O)(O)(c1ccccc1)c1ccccc1)C(Cc1cc(C(C)(C)C)c(O)c(C(C)(C)C)c1)(Cc1cc(C(C)(C)C)c(O)c(C(C)(C)C)c1)C(C)OP(O)(O)(c1ccccc1)c1ccccc1. The van der Waals surface area contributed by atoms with Gasteiger partial charge in [0, 0.05) is 0 Å². The van der Waals surface area contributed by atoms with E-state index < -0.39 is 53.9 Å². The average Bonchev–Trinajstić information content (AvgIpc) is 3.26. The van der Waals surface area contributed by atoms with Crippen molar-refractivity contribution in [2.45, 2.75) is 144 Å². The van der Waals surface area contributed by atoms with Gasteiger partial charge in [-0.3, -0.25) is 0 Å². The Hall–Kier alpha value is -4.46. The van der Waals surface area contributed by atoms with Gasteiger partial charge in [-0.2, -0.15) is 0 Å². The first-order valence-corrected chi connectivity index (χ1v) is 28.2. The fourth-order valence-electron chi connectivity index (χ4n) is 9.74. The predicted molar refractivity (Wildman–Crippen MR) is 289 cm³/mol. The Labute approximate surface area is 412 Å². The molecule has 0 aliphatic heterocycles. The Morgan fingerprint density at radius 1 is 0.377 bits per heavy atom. The molecule has 0 aromatic heterocycles. The van der Waals surface area contributed by atoms with Gasteiger partial charge in [-0.25, -0.2) is 0 Å². The number of hydrogen-bond acceptors (Lipinski definition) is 8. The third-order valence-electron chi connectivity index (χ3n) is 13.9. The first kappa shape index (κ1) is 53.9. The fourth-order valence-corrected chi connectivity index (χ4v) is 15.3. The summed E-state index contributed by atoms with van der Waals surface area (Å²) in [4.78, 5) is 53.8. The van der Waals surface area contributed by atoms with Crippen molar-refractivity contribution in [2.24, 2.45) is 5.41 Å². The number of hydrogen-bond donors (Lipinski definition) is 6. The molecule has 0 aliphatic rings. The van der Waals surface area contributed by atoms with Crippen LogP contribution in [0.15, 0.2) is 146 Å². The van der Waals surface area contributed by atoms with Gasteiger partial charge in [0.25, 0.3) is 0 Å². The molecule has 0 spiro atoms. The van der Waals surface area contributed by atoms with Crippen LogP contribution in [0.3, 0.4) is 0 Å². The van der Waals surface area contributed by atoms with Gasteiger partial charge in [0.2, 0.25) is 0 Å². The van der Waals surface area contributed by atoms with Crippen molar-refractivity contribution < 1.29 is 38.8 Å². The minimum atomic E-state index is -5.62. The van der Waals surface area contributed by atoms with E-state index in [4.69, 9.17) is 9.05 Å². The van der Waals surface area contributed by atoms with Crippen LogP contribution in [0.4, 0.5) is 0 Å². The van der Waals surface area contributed by atoms with E-state index >= 15 is 0 Å². The van der Waals surface area contributed by atoms with E-state index in [9.17, 15) is 29.8 Å². The van der Waals surface area contributed by atoms with E-state index in [1.165, 1.54) is 0 Å². The number of aromatic hydroxyl groups is 2. The van der Waals surface area contributed by atoms with E-state index in [0.717, 1.165) is 33.4 Å². The second-order valence-corrected chi connectivity index (χ2v) is 29.7. The van der Waals surface area contributed by atoms with Crippen molar-refractivity contribution in [3.63, 3.8) is 0 Å². The summed E-state index contributed by atoms with van der Waals surface area (Å²) in [6, 6.07) is 42.5. The minimum absolute atomic E-state index is 0.129. The normalized spacial score (nSPS) is 15.4. The number of phenols is 2. The molecule has 372 valence electrons. The van der Waals surface area contributed by atoms with Gasteiger partial charge in [-0.1, -0.05) is 0 Å². The zero-order chi connectivity index (χ0) is 51.3. The van der Waals surface area contributed by atoms with Crippen LogP contribution in [-0.2, 0) is 43.5 Å². The van der Waals surface area contributed by atoms with Crippen molar-refractivity contribution in [3.8, 4) is 11.5 Å². The van der Waals surface area contributed by atoms with Crippen LogP contribution in [0.2, 0.25) is 0 Å². The number of phenolic OH excluding ortho intramolecular Hbond substituents is 2. The van der Waals surface area contributed by atoms with Crippen LogP contribution in [-0.4, -0.2) is 42.0 Å². The van der Waals surface area contributed by atoms with Gasteiger partial charge in [0.15, 0.2) is 0 Å². The summed E-state index contributed by atoms with van der Waals surface area (Å²) < 4.78 is 14.5. The van der Waals surface area contributed by atoms with Crippen LogP contribution in [0.5, 0.6) is 11.5 Å². The standard InChI is InChI=1S/C59H78O8P2/c1-41(66-68(62,63,45-27-19-15-20-28-45)46-29-21-16-22-30-46)59(39-43-35-49(55(3,4)5)53(60)50(36-43)56(6,7)8,40-44-37-51(57(9,10)11)54(61)52(38-44)58(12,13)14)42(2)67-69(64,65,47-31-23-17-24-32-47)48-33-25-18-26-34-48/h15-38,41-42,60-65H,39-40H2,1-14H3. The van der Waals surface area contributed by atoms with Crippen LogP contribution < -0.4 is 21.2 Å². The van der Waals surface area contributed by atoms with Gasteiger partial charge < -0.3 is 0 Å². The molecule has 0 heterocycles. The molecule has 0 bridgehead atoms. The molecule has 0 fully saturated rings. The molecule has 0 saturated carbocycles. The molecule has 0 saturated heterocycles. The maximum atomic E-state index is 13.4. The number of benzene rings is 6. The summed E-state index contributed by atoms with van der Waals surface area (Å²) in [5, 5.41) is 24.9. The molecule has 0 radical (unpaired) electrons. The third kappa shape index (κ3) is 10.8. The molecule has 0 amide bonds. The zero-order valence-electron chi connectivity index (χ0n) is 43.3. The zero-order valence-corrected chi connectivity index (χ0v) is 45.1. The first-order chi connectivity index (χ1) is 31.7. The van der Waals surface area contributed by atoms with E-state index in [1.807, 2.05) is 62.4 Å². The second-order valence-electron chi connectivity index (χ2n) is 23.4. The molecule has 0 aliphatic carbocycles. The van der Waals surface area contributed by atoms with E-state index in [2.05, 4.69) is 83.1 Å². The quantitative estimate of drug-likeness (QED) is 0.0593. The first-order valence-electron chi connectivity index (χ1n) is 24.1. The van der Waals surface area contributed by atoms with Crippen LogP contribution in [0.1, 0.15) is 130 Å². The van der Waals surface area contributed by atoms with Crippen LogP contribution in [0.25, 0.3) is 0 Å².